The number of aryl methyl sites for hydroxylation is 1. The summed E-state index contributed by atoms with van der Waals surface area (Å²) in [4.78, 5) is 6.73. The average Bonchev–Trinajstić information content (AvgIpc) is 2.67. The molecule has 0 aromatic carbocycles. The van der Waals surface area contributed by atoms with Crippen molar-refractivity contribution in [2.75, 3.05) is 6.54 Å². The van der Waals surface area contributed by atoms with Crippen LogP contribution >= 0.6 is 0 Å². The standard InChI is InChI=1S/C13H23N3O/c1-10-4-6-16(12(8-10)11(2)17)9-13-14-5-7-15(13)3/h5,7,10-12,17H,4,6,8-9H2,1-3H3/t10-,11+,12+/m1/s1. The third kappa shape index (κ3) is 2.87. The second kappa shape index (κ2) is 5.19. The molecule has 3 atom stereocenters. The van der Waals surface area contributed by atoms with E-state index in [1.165, 1.54) is 6.42 Å². The maximum Gasteiger partial charge on any atom is 0.122 e. The number of aromatic nitrogens is 2. The van der Waals surface area contributed by atoms with Crippen LogP contribution in [-0.2, 0) is 13.6 Å². The van der Waals surface area contributed by atoms with Gasteiger partial charge in [0.15, 0.2) is 0 Å². The predicted molar refractivity (Wildman–Crippen MR) is 67.5 cm³/mol. The Hall–Kier alpha value is -0.870. The lowest BCUT2D eigenvalue weighted by Crippen LogP contribution is -2.47. The maximum atomic E-state index is 9.89. The van der Waals surface area contributed by atoms with Gasteiger partial charge in [-0.25, -0.2) is 4.98 Å². The number of aliphatic hydroxyl groups excluding tert-OH is 1. The fraction of sp³-hybridized carbons (Fsp3) is 0.769. The molecular weight excluding hydrogens is 214 g/mol. The Morgan fingerprint density at radius 2 is 2.35 bits per heavy atom. The van der Waals surface area contributed by atoms with Gasteiger partial charge < -0.3 is 9.67 Å². The zero-order chi connectivity index (χ0) is 12.4. The molecule has 4 heteroatoms. The van der Waals surface area contributed by atoms with Crippen molar-refractivity contribution in [1.29, 1.82) is 0 Å². The van der Waals surface area contributed by atoms with Crippen LogP contribution in [-0.4, -0.2) is 38.2 Å². The quantitative estimate of drug-likeness (QED) is 0.864. The van der Waals surface area contributed by atoms with Crippen molar-refractivity contribution in [2.24, 2.45) is 13.0 Å². The first-order valence-corrected chi connectivity index (χ1v) is 6.46. The van der Waals surface area contributed by atoms with Crippen LogP contribution in [0.5, 0.6) is 0 Å². The van der Waals surface area contributed by atoms with Crippen LogP contribution in [0.1, 0.15) is 32.5 Å². The van der Waals surface area contributed by atoms with Gasteiger partial charge in [-0.2, -0.15) is 0 Å². The molecule has 0 bridgehead atoms. The maximum absolute atomic E-state index is 9.89. The first-order valence-electron chi connectivity index (χ1n) is 6.46. The normalized spacial score (nSPS) is 28.2. The summed E-state index contributed by atoms with van der Waals surface area (Å²) in [6.45, 7) is 6.07. The van der Waals surface area contributed by atoms with Crippen molar-refractivity contribution < 1.29 is 5.11 Å². The molecule has 0 amide bonds. The number of piperidine rings is 1. The van der Waals surface area contributed by atoms with E-state index in [1.807, 2.05) is 26.4 Å². The van der Waals surface area contributed by atoms with E-state index in [0.29, 0.717) is 5.92 Å². The molecular formula is C13H23N3O. The molecule has 1 fully saturated rings. The number of hydrogen-bond donors (Lipinski definition) is 1. The third-order valence-electron chi connectivity index (χ3n) is 3.84. The smallest absolute Gasteiger partial charge is 0.122 e. The van der Waals surface area contributed by atoms with Gasteiger partial charge in [-0.05, 0) is 32.2 Å². The van der Waals surface area contributed by atoms with Gasteiger partial charge in [0.2, 0.25) is 0 Å². The molecule has 4 nitrogen and oxygen atoms in total. The summed E-state index contributed by atoms with van der Waals surface area (Å²) in [6.07, 6.45) is 5.84. The lowest BCUT2D eigenvalue weighted by atomic mass is 9.90. The Kier molecular flexibility index (Phi) is 3.84. The monoisotopic (exact) mass is 237 g/mol. The second-order valence-electron chi connectivity index (χ2n) is 5.36. The number of likely N-dealkylation sites (tertiary alicyclic amines) is 1. The summed E-state index contributed by atoms with van der Waals surface area (Å²) in [5, 5.41) is 9.89. The Morgan fingerprint density at radius 1 is 1.59 bits per heavy atom. The van der Waals surface area contributed by atoms with E-state index < -0.39 is 0 Å². The molecule has 1 aliphatic rings. The van der Waals surface area contributed by atoms with Crippen molar-refractivity contribution in [3.8, 4) is 0 Å². The number of rotatable bonds is 3. The largest absolute Gasteiger partial charge is 0.392 e. The minimum absolute atomic E-state index is 0.266. The highest BCUT2D eigenvalue weighted by molar-refractivity contribution is 4.94. The summed E-state index contributed by atoms with van der Waals surface area (Å²) < 4.78 is 2.05. The van der Waals surface area contributed by atoms with E-state index in [-0.39, 0.29) is 12.1 Å². The van der Waals surface area contributed by atoms with Gasteiger partial charge in [-0.3, -0.25) is 4.90 Å². The highest BCUT2D eigenvalue weighted by atomic mass is 16.3. The van der Waals surface area contributed by atoms with Crippen molar-refractivity contribution in [3.05, 3.63) is 18.2 Å². The molecule has 1 aromatic rings. The summed E-state index contributed by atoms with van der Waals surface area (Å²) >= 11 is 0. The molecule has 1 N–H and O–H groups in total. The van der Waals surface area contributed by atoms with Crippen LogP contribution in [0, 0.1) is 5.92 Å². The lowest BCUT2D eigenvalue weighted by Gasteiger charge is -2.39. The molecule has 0 unspecified atom stereocenters. The summed E-state index contributed by atoms with van der Waals surface area (Å²) in [5.74, 6) is 1.79. The fourth-order valence-corrected chi connectivity index (χ4v) is 2.66. The minimum atomic E-state index is -0.266. The molecule has 1 saturated heterocycles. The molecule has 0 saturated carbocycles. The Labute approximate surface area is 103 Å². The van der Waals surface area contributed by atoms with Gasteiger partial charge in [0.25, 0.3) is 0 Å². The summed E-state index contributed by atoms with van der Waals surface area (Å²) in [6, 6.07) is 0.274. The topological polar surface area (TPSA) is 41.3 Å². The molecule has 0 aliphatic carbocycles. The van der Waals surface area contributed by atoms with E-state index in [4.69, 9.17) is 0 Å². The number of imidazole rings is 1. The Morgan fingerprint density at radius 3 is 2.94 bits per heavy atom. The first-order chi connectivity index (χ1) is 8.08. The van der Waals surface area contributed by atoms with Gasteiger partial charge in [-0.1, -0.05) is 6.92 Å². The molecule has 2 heterocycles. The van der Waals surface area contributed by atoms with Crippen molar-refractivity contribution in [1.82, 2.24) is 14.5 Å². The zero-order valence-corrected chi connectivity index (χ0v) is 11.0. The van der Waals surface area contributed by atoms with E-state index >= 15 is 0 Å². The number of hydrogen-bond acceptors (Lipinski definition) is 3. The SMILES string of the molecule is C[C@@H]1CCN(Cc2nccn2C)[C@H]([C@H](C)O)C1. The second-order valence-corrected chi connectivity index (χ2v) is 5.36. The number of aliphatic hydroxyl groups is 1. The van der Waals surface area contributed by atoms with Crippen LogP contribution in [0.4, 0.5) is 0 Å². The van der Waals surface area contributed by atoms with Gasteiger partial charge in [0, 0.05) is 25.5 Å². The van der Waals surface area contributed by atoms with Gasteiger partial charge >= 0.3 is 0 Å². The van der Waals surface area contributed by atoms with E-state index in [2.05, 4.69) is 21.4 Å². The molecule has 17 heavy (non-hydrogen) atoms. The third-order valence-corrected chi connectivity index (χ3v) is 3.84. The number of nitrogens with zero attached hydrogens (tertiary/aromatic N) is 3. The zero-order valence-electron chi connectivity index (χ0n) is 11.0. The van der Waals surface area contributed by atoms with Crippen LogP contribution in [0.25, 0.3) is 0 Å². The lowest BCUT2D eigenvalue weighted by molar-refractivity contribution is 0.0145. The van der Waals surface area contributed by atoms with Crippen LogP contribution in [0.15, 0.2) is 12.4 Å². The van der Waals surface area contributed by atoms with Crippen LogP contribution < -0.4 is 0 Å². The molecule has 1 aliphatic heterocycles. The molecule has 1 aromatic heterocycles. The van der Waals surface area contributed by atoms with Crippen LogP contribution in [0.3, 0.4) is 0 Å². The highest BCUT2D eigenvalue weighted by Gasteiger charge is 2.30. The van der Waals surface area contributed by atoms with E-state index in [9.17, 15) is 5.11 Å². The average molecular weight is 237 g/mol. The van der Waals surface area contributed by atoms with Gasteiger partial charge in [-0.15, -0.1) is 0 Å². The van der Waals surface area contributed by atoms with E-state index in [0.717, 1.165) is 25.3 Å². The van der Waals surface area contributed by atoms with Gasteiger partial charge in [0.05, 0.1) is 12.6 Å². The van der Waals surface area contributed by atoms with Crippen molar-refractivity contribution >= 4 is 0 Å². The molecule has 0 spiro atoms. The Bertz CT molecular complexity index is 361. The van der Waals surface area contributed by atoms with Crippen LogP contribution in [0.2, 0.25) is 0 Å². The predicted octanol–water partition coefficient (Wildman–Crippen LogP) is 1.40. The first kappa shape index (κ1) is 12.6. The molecule has 0 radical (unpaired) electrons. The summed E-state index contributed by atoms with van der Waals surface area (Å²) in [7, 11) is 2.02. The molecule has 96 valence electrons. The fourth-order valence-electron chi connectivity index (χ4n) is 2.66. The summed E-state index contributed by atoms with van der Waals surface area (Å²) in [5.41, 5.74) is 0. The minimum Gasteiger partial charge on any atom is -0.392 e. The van der Waals surface area contributed by atoms with Crippen molar-refractivity contribution in [3.63, 3.8) is 0 Å². The van der Waals surface area contributed by atoms with E-state index in [1.54, 1.807) is 0 Å². The molecule has 2 rings (SSSR count). The Balaban J connectivity index is 2.05. The van der Waals surface area contributed by atoms with Gasteiger partial charge in [0.1, 0.15) is 5.82 Å². The highest BCUT2D eigenvalue weighted by Crippen LogP contribution is 2.25. The van der Waals surface area contributed by atoms with Crippen molar-refractivity contribution in [2.45, 2.75) is 45.4 Å².